The second kappa shape index (κ2) is 13.8. The number of carbonyl (C=O) groups is 1. The summed E-state index contributed by atoms with van der Waals surface area (Å²) in [6.45, 7) is 11.3. The number of benzene rings is 1. The van der Waals surface area contributed by atoms with Gasteiger partial charge in [0.1, 0.15) is 17.3 Å². The van der Waals surface area contributed by atoms with Crippen molar-refractivity contribution in [1.29, 1.82) is 0 Å². The normalized spacial score (nSPS) is 15.6. The summed E-state index contributed by atoms with van der Waals surface area (Å²) in [7, 11) is 3.24. The molecule has 1 N–H and O–H groups in total. The maximum atomic E-state index is 11.7. The Hall–Kier alpha value is -3.08. The molecule has 4 rings (SSSR count). The van der Waals surface area contributed by atoms with E-state index in [2.05, 4.69) is 26.2 Å². The number of hydrogen-bond acceptors (Lipinski definition) is 9. The Balaban J connectivity index is 1.54. The maximum absolute atomic E-state index is 11.7. The van der Waals surface area contributed by atoms with Crippen LogP contribution in [0, 0.1) is 0 Å². The first-order valence-electron chi connectivity index (χ1n) is 13.5. The third kappa shape index (κ3) is 7.32. The molecule has 212 valence electrons. The molecule has 2 aliphatic heterocycles. The third-order valence-electron chi connectivity index (χ3n) is 7.05. The molecule has 11 heteroatoms. The minimum atomic E-state index is 0.150. The SMILES string of the molecule is CCOCCNc1ncc2c(n1)N(CCCN1CCN(C(C)=O)CC1)CC(c1cc(OC)cc(OC)c1Cl)=C2. The summed E-state index contributed by atoms with van der Waals surface area (Å²) >= 11 is 6.77. The number of fused-ring (bicyclic) bond motifs is 1. The van der Waals surface area contributed by atoms with Gasteiger partial charge in [-0.25, -0.2) is 4.98 Å². The molecule has 0 unspecified atom stereocenters. The molecule has 0 atom stereocenters. The van der Waals surface area contributed by atoms with Crippen LogP contribution in [-0.2, 0) is 9.53 Å². The zero-order valence-electron chi connectivity index (χ0n) is 23.3. The number of aromatic nitrogens is 2. The number of rotatable bonds is 12. The second-order valence-corrected chi connectivity index (χ2v) is 9.96. The number of anilines is 2. The zero-order chi connectivity index (χ0) is 27.8. The van der Waals surface area contributed by atoms with E-state index in [4.69, 9.17) is 30.8 Å². The molecule has 1 amide bonds. The van der Waals surface area contributed by atoms with Crippen LogP contribution < -0.4 is 19.7 Å². The first kappa shape index (κ1) is 28.9. The molecule has 0 saturated carbocycles. The highest BCUT2D eigenvalue weighted by Gasteiger charge is 2.25. The summed E-state index contributed by atoms with van der Waals surface area (Å²) < 4.78 is 16.5. The molecule has 1 saturated heterocycles. The summed E-state index contributed by atoms with van der Waals surface area (Å²) in [6, 6.07) is 3.73. The van der Waals surface area contributed by atoms with Crippen LogP contribution >= 0.6 is 11.6 Å². The summed E-state index contributed by atoms with van der Waals surface area (Å²) in [5.74, 6) is 2.87. The van der Waals surface area contributed by atoms with E-state index < -0.39 is 0 Å². The van der Waals surface area contributed by atoms with Crippen LogP contribution in [0.2, 0.25) is 5.02 Å². The van der Waals surface area contributed by atoms with E-state index in [1.54, 1.807) is 27.2 Å². The summed E-state index contributed by atoms with van der Waals surface area (Å²) in [5.41, 5.74) is 2.84. The van der Waals surface area contributed by atoms with Gasteiger partial charge in [0.25, 0.3) is 0 Å². The number of piperazine rings is 1. The lowest BCUT2D eigenvalue weighted by Crippen LogP contribution is -2.48. The van der Waals surface area contributed by atoms with Crippen molar-refractivity contribution in [2.45, 2.75) is 20.3 Å². The van der Waals surface area contributed by atoms with Gasteiger partial charge in [-0.2, -0.15) is 4.98 Å². The molecule has 1 aromatic heterocycles. The van der Waals surface area contributed by atoms with E-state index in [0.29, 0.717) is 48.8 Å². The molecule has 3 heterocycles. The van der Waals surface area contributed by atoms with Gasteiger partial charge >= 0.3 is 0 Å². The lowest BCUT2D eigenvalue weighted by atomic mass is 9.98. The Morgan fingerprint density at radius 1 is 1.13 bits per heavy atom. The van der Waals surface area contributed by atoms with E-state index in [9.17, 15) is 4.79 Å². The molecule has 2 aliphatic rings. The lowest BCUT2D eigenvalue weighted by Gasteiger charge is -2.35. The Morgan fingerprint density at radius 2 is 1.92 bits per heavy atom. The zero-order valence-corrected chi connectivity index (χ0v) is 24.1. The van der Waals surface area contributed by atoms with Crippen LogP contribution in [-0.4, -0.2) is 105 Å². The van der Waals surface area contributed by atoms with Gasteiger partial charge in [-0.3, -0.25) is 9.69 Å². The van der Waals surface area contributed by atoms with Crippen LogP contribution in [0.3, 0.4) is 0 Å². The van der Waals surface area contributed by atoms with Crippen LogP contribution in [0.4, 0.5) is 11.8 Å². The van der Waals surface area contributed by atoms with Gasteiger partial charge in [0.15, 0.2) is 0 Å². The number of nitrogens with zero attached hydrogens (tertiary/aromatic N) is 5. The van der Waals surface area contributed by atoms with Crippen LogP contribution in [0.1, 0.15) is 31.4 Å². The first-order valence-corrected chi connectivity index (χ1v) is 13.8. The molecule has 1 fully saturated rings. The van der Waals surface area contributed by atoms with Crippen molar-refractivity contribution in [1.82, 2.24) is 19.8 Å². The van der Waals surface area contributed by atoms with E-state index in [1.807, 2.05) is 24.1 Å². The van der Waals surface area contributed by atoms with Gasteiger partial charge in [-0.05, 0) is 37.6 Å². The average Bonchev–Trinajstić information content (AvgIpc) is 2.95. The number of methoxy groups -OCH3 is 2. The van der Waals surface area contributed by atoms with Crippen molar-refractivity contribution < 1.29 is 19.0 Å². The smallest absolute Gasteiger partial charge is 0.224 e. The molecular formula is C28H39ClN6O4. The van der Waals surface area contributed by atoms with Crippen molar-refractivity contribution in [2.24, 2.45) is 0 Å². The van der Waals surface area contributed by atoms with Gasteiger partial charge < -0.3 is 29.3 Å². The van der Waals surface area contributed by atoms with Crippen LogP contribution in [0.15, 0.2) is 18.3 Å². The molecular weight excluding hydrogens is 520 g/mol. The van der Waals surface area contributed by atoms with Crippen LogP contribution in [0.5, 0.6) is 11.5 Å². The molecule has 0 spiro atoms. The maximum Gasteiger partial charge on any atom is 0.224 e. The molecule has 39 heavy (non-hydrogen) atoms. The van der Waals surface area contributed by atoms with Gasteiger partial charge in [0.2, 0.25) is 11.9 Å². The van der Waals surface area contributed by atoms with Crippen LogP contribution in [0.25, 0.3) is 11.6 Å². The molecule has 0 bridgehead atoms. The van der Waals surface area contributed by atoms with Gasteiger partial charge in [-0.1, -0.05) is 11.6 Å². The van der Waals surface area contributed by atoms with E-state index in [0.717, 1.165) is 68.2 Å². The largest absolute Gasteiger partial charge is 0.497 e. The topological polar surface area (TPSA) is 92.3 Å². The van der Waals surface area contributed by atoms with Crippen molar-refractivity contribution in [3.63, 3.8) is 0 Å². The number of halogens is 1. The lowest BCUT2D eigenvalue weighted by molar-refractivity contribution is -0.130. The number of amides is 1. The Bertz CT molecular complexity index is 1170. The predicted octanol–water partition coefficient (Wildman–Crippen LogP) is 3.51. The highest BCUT2D eigenvalue weighted by atomic mass is 35.5. The minimum Gasteiger partial charge on any atom is -0.497 e. The highest BCUT2D eigenvalue weighted by Crippen LogP contribution is 2.40. The molecule has 2 aromatic rings. The summed E-state index contributed by atoms with van der Waals surface area (Å²) in [4.78, 5) is 27.7. The van der Waals surface area contributed by atoms with E-state index >= 15 is 0 Å². The third-order valence-corrected chi connectivity index (χ3v) is 7.44. The van der Waals surface area contributed by atoms with Crippen molar-refractivity contribution in [3.05, 3.63) is 34.5 Å². The molecule has 1 aromatic carbocycles. The van der Waals surface area contributed by atoms with Crippen molar-refractivity contribution in [2.75, 3.05) is 90.0 Å². The van der Waals surface area contributed by atoms with Gasteiger partial charge in [-0.15, -0.1) is 0 Å². The minimum absolute atomic E-state index is 0.150. The number of nitrogens with one attached hydrogen (secondary N) is 1. The monoisotopic (exact) mass is 558 g/mol. The van der Waals surface area contributed by atoms with E-state index in [-0.39, 0.29) is 5.91 Å². The Morgan fingerprint density at radius 3 is 2.62 bits per heavy atom. The fraction of sp³-hybridized carbons (Fsp3) is 0.536. The predicted molar refractivity (Wildman–Crippen MR) is 155 cm³/mol. The second-order valence-electron chi connectivity index (χ2n) is 9.58. The summed E-state index contributed by atoms with van der Waals surface area (Å²) in [6.07, 6.45) is 4.90. The van der Waals surface area contributed by atoms with Crippen molar-refractivity contribution in [3.8, 4) is 11.5 Å². The number of carbonyl (C=O) groups excluding carboxylic acids is 1. The van der Waals surface area contributed by atoms with Gasteiger partial charge in [0.05, 0.1) is 25.8 Å². The summed E-state index contributed by atoms with van der Waals surface area (Å²) in [5, 5.41) is 3.81. The number of ether oxygens (including phenoxy) is 3. The fourth-order valence-electron chi connectivity index (χ4n) is 4.91. The molecule has 10 nitrogen and oxygen atoms in total. The van der Waals surface area contributed by atoms with E-state index in [1.165, 1.54) is 0 Å². The van der Waals surface area contributed by atoms with Gasteiger partial charge in [0, 0.05) is 82.7 Å². The van der Waals surface area contributed by atoms with Crippen molar-refractivity contribution >= 4 is 40.9 Å². The molecule has 0 aliphatic carbocycles. The Kier molecular flexibility index (Phi) is 10.2. The highest BCUT2D eigenvalue weighted by molar-refractivity contribution is 6.34. The average molecular weight is 559 g/mol. The first-order chi connectivity index (χ1) is 18.9. The fourth-order valence-corrected chi connectivity index (χ4v) is 5.22. The quantitative estimate of drug-likeness (QED) is 0.393. The Labute approximate surface area is 235 Å². The number of hydrogen-bond donors (Lipinski definition) is 1. The molecule has 0 radical (unpaired) electrons. The standard InChI is InChI=1S/C28H39ClN6O4/c1-5-39-14-7-30-28-31-18-21-15-22(24-16-23(37-3)17-25(38-4)26(24)29)19-35(27(21)32-28)9-6-8-33-10-12-34(13-11-33)20(2)36/h15-18H,5-14,19H2,1-4H3,(H,30,31,32).